The monoisotopic (exact) mass is 375 g/mol. The van der Waals surface area contributed by atoms with Gasteiger partial charge in [-0.1, -0.05) is 30.3 Å². The number of benzene rings is 2. The highest BCUT2D eigenvalue weighted by Gasteiger charge is 2.17. The van der Waals surface area contributed by atoms with E-state index in [2.05, 4.69) is 16.4 Å². The van der Waals surface area contributed by atoms with Crippen molar-refractivity contribution in [3.8, 4) is 0 Å². The second-order valence-corrected chi connectivity index (χ2v) is 6.86. The molecule has 0 aliphatic heterocycles. The van der Waals surface area contributed by atoms with E-state index in [1.54, 1.807) is 16.2 Å². The number of para-hydroxylation sites is 1. The van der Waals surface area contributed by atoms with Crippen LogP contribution in [0.15, 0.2) is 48.5 Å². The number of aromatic nitrogens is 1. The van der Waals surface area contributed by atoms with Crippen molar-refractivity contribution in [2.45, 2.75) is 13.0 Å². The molecule has 0 radical (unpaired) electrons. The largest absolute Gasteiger partial charge is 0.335 e. The van der Waals surface area contributed by atoms with Crippen molar-refractivity contribution in [3.05, 3.63) is 64.7 Å². The average molecular weight is 376 g/mol. The fourth-order valence-corrected chi connectivity index (χ4v) is 3.70. The van der Waals surface area contributed by atoms with Gasteiger partial charge in [0.15, 0.2) is 0 Å². The zero-order valence-electron chi connectivity index (χ0n) is 14.4. The van der Waals surface area contributed by atoms with Crippen LogP contribution in [0.4, 0.5) is 0 Å². The molecule has 132 valence electrons. The number of carbonyl (C=O) groups excluding carboxylic acids is 1. The molecular formula is C19H22ClN3OS. The Morgan fingerprint density at radius 2 is 1.88 bits per heavy atom. The van der Waals surface area contributed by atoms with Gasteiger partial charge >= 0.3 is 0 Å². The predicted molar refractivity (Wildman–Crippen MR) is 107 cm³/mol. The van der Waals surface area contributed by atoms with Gasteiger partial charge in [0, 0.05) is 12.6 Å². The molecule has 0 spiro atoms. The van der Waals surface area contributed by atoms with Crippen LogP contribution in [0.5, 0.6) is 0 Å². The number of hydrogen-bond donors (Lipinski definition) is 1. The van der Waals surface area contributed by atoms with Crippen molar-refractivity contribution in [3.63, 3.8) is 0 Å². The lowest BCUT2D eigenvalue weighted by atomic mass is 10.0. The first-order chi connectivity index (χ1) is 11.7. The van der Waals surface area contributed by atoms with E-state index >= 15 is 0 Å². The minimum atomic E-state index is 0. The SMILES string of the molecule is CNCCc1ccccc1C(=O)N(C)Cc1nc2ccccc2s1.Cl. The van der Waals surface area contributed by atoms with Crippen molar-refractivity contribution in [2.75, 3.05) is 20.6 Å². The molecule has 4 nitrogen and oxygen atoms in total. The molecule has 1 aromatic heterocycles. The zero-order valence-corrected chi connectivity index (χ0v) is 16.0. The fourth-order valence-electron chi connectivity index (χ4n) is 2.67. The van der Waals surface area contributed by atoms with Crippen LogP contribution in [0.2, 0.25) is 0 Å². The van der Waals surface area contributed by atoms with Crippen LogP contribution in [0, 0.1) is 0 Å². The highest BCUT2D eigenvalue weighted by molar-refractivity contribution is 7.18. The maximum Gasteiger partial charge on any atom is 0.254 e. The number of nitrogens with zero attached hydrogens (tertiary/aromatic N) is 2. The van der Waals surface area contributed by atoms with E-state index in [1.165, 1.54) is 0 Å². The lowest BCUT2D eigenvalue weighted by molar-refractivity contribution is 0.0784. The molecule has 0 fully saturated rings. The third-order valence-electron chi connectivity index (χ3n) is 3.95. The molecular weight excluding hydrogens is 354 g/mol. The molecule has 0 saturated carbocycles. The topological polar surface area (TPSA) is 45.2 Å². The summed E-state index contributed by atoms with van der Waals surface area (Å²) >= 11 is 1.64. The van der Waals surface area contributed by atoms with E-state index in [4.69, 9.17) is 0 Å². The Balaban J connectivity index is 0.00000225. The Bertz CT molecular complexity index is 816. The molecule has 1 N–H and O–H groups in total. The molecule has 1 amide bonds. The molecule has 1 heterocycles. The number of thiazole rings is 1. The van der Waals surface area contributed by atoms with Crippen LogP contribution in [-0.4, -0.2) is 36.4 Å². The van der Waals surface area contributed by atoms with Gasteiger partial charge in [0.05, 0.1) is 16.8 Å². The lowest BCUT2D eigenvalue weighted by Crippen LogP contribution is -2.27. The van der Waals surface area contributed by atoms with E-state index in [0.717, 1.165) is 39.3 Å². The summed E-state index contributed by atoms with van der Waals surface area (Å²) in [6.45, 7) is 1.38. The third-order valence-corrected chi connectivity index (χ3v) is 4.97. The Hall–Kier alpha value is -1.95. The van der Waals surface area contributed by atoms with Gasteiger partial charge in [0.2, 0.25) is 0 Å². The number of hydrogen-bond acceptors (Lipinski definition) is 4. The molecule has 3 aromatic rings. The number of fused-ring (bicyclic) bond motifs is 1. The molecule has 6 heteroatoms. The number of rotatable bonds is 6. The normalized spacial score (nSPS) is 10.5. The third kappa shape index (κ3) is 4.57. The highest BCUT2D eigenvalue weighted by atomic mass is 35.5. The minimum Gasteiger partial charge on any atom is -0.335 e. The van der Waals surface area contributed by atoms with Crippen molar-refractivity contribution in [2.24, 2.45) is 0 Å². The molecule has 0 aliphatic carbocycles. The summed E-state index contributed by atoms with van der Waals surface area (Å²) < 4.78 is 1.16. The van der Waals surface area contributed by atoms with Crippen molar-refractivity contribution in [1.82, 2.24) is 15.2 Å². The van der Waals surface area contributed by atoms with E-state index in [0.29, 0.717) is 6.54 Å². The minimum absolute atomic E-state index is 0. The average Bonchev–Trinajstić information content (AvgIpc) is 3.01. The van der Waals surface area contributed by atoms with Gasteiger partial charge < -0.3 is 10.2 Å². The van der Waals surface area contributed by atoms with Crippen LogP contribution in [0.3, 0.4) is 0 Å². The molecule has 0 bridgehead atoms. The predicted octanol–water partition coefficient (Wildman–Crippen LogP) is 3.75. The molecule has 25 heavy (non-hydrogen) atoms. The number of likely N-dealkylation sites (N-methyl/N-ethyl adjacent to an activating group) is 1. The maximum atomic E-state index is 12.8. The van der Waals surface area contributed by atoms with Gasteiger partial charge in [-0.05, 0) is 43.8 Å². The summed E-state index contributed by atoms with van der Waals surface area (Å²) in [5.74, 6) is 0.0426. The summed E-state index contributed by atoms with van der Waals surface area (Å²) in [4.78, 5) is 19.2. The van der Waals surface area contributed by atoms with Gasteiger partial charge in [-0.15, -0.1) is 23.7 Å². The van der Waals surface area contributed by atoms with Gasteiger partial charge in [-0.25, -0.2) is 4.98 Å². The first-order valence-corrected chi connectivity index (χ1v) is 8.83. The molecule has 0 aliphatic rings. The van der Waals surface area contributed by atoms with Crippen LogP contribution < -0.4 is 5.32 Å². The summed E-state index contributed by atoms with van der Waals surface area (Å²) in [7, 11) is 3.76. The van der Waals surface area contributed by atoms with Crippen molar-refractivity contribution >= 4 is 39.9 Å². The second-order valence-electron chi connectivity index (χ2n) is 5.75. The van der Waals surface area contributed by atoms with Gasteiger partial charge in [0.25, 0.3) is 5.91 Å². The summed E-state index contributed by atoms with van der Waals surface area (Å²) in [6.07, 6.45) is 0.841. The Morgan fingerprint density at radius 1 is 1.16 bits per heavy atom. The summed E-state index contributed by atoms with van der Waals surface area (Å²) in [6, 6.07) is 15.9. The molecule has 0 atom stereocenters. The van der Waals surface area contributed by atoms with Crippen molar-refractivity contribution in [1.29, 1.82) is 0 Å². The summed E-state index contributed by atoms with van der Waals surface area (Å²) in [5, 5.41) is 4.09. The standard InChI is InChI=1S/C19H21N3OS.ClH/c1-20-12-11-14-7-3-4-8-15(14)19(23)22(2)13-18-21-16-9-5-6-10-17(16)24-18;/h3-10,20H,11-13H2,1-2H3;1H. The van der Waals surface area contributed by atoms with E-state index < -0.39 is 0 Å². The molecule has 0 saturated heterocycles. The van der Waals surface area contributed by atoms with Crippen LogP contribution in [0.1, 0.15) is 20.9 Å². The number of carbonyl (C=O) groups is 1. The van der Waals surface area contributed by atoms with Crippen LogP contribution in [-0.2, 0) is 13.0 Å². The lowest BCUT2D eigenvalue weighted by Gasteiger charge is -2.18. The van der Waals surface area contributed by atoms with Gasteiger partial charge in [-0.3, -0.25) is 4.79 Å². The van der Waals surface area contributed by atoms with Crippen molar-refractivity contribution < 1.29 is 4.79 Å². The molecule has 3 rings (SSSR count). The smallest absolute Gasteiger partial charge is 0.254 e. The quantitative estimate of drug-likeness (QED) is 0.713. The van der Waals surface area contributed by atoms with Gasteiger partial charge in [0.1, 0.15) is 5.01 Å². The zero-order chi connectivity index (χ0) is 16.9. The first kappa shape index (κ1) is 19.4. The Labute approximate surface area is 158 Å². The molecule has 2 aromatic carbocycles. The number of nitrogens with one attached hydrogen (secondary N) is 1. The summed E-state index contributed by atoms with van der Waals surface area (Å²) in [5.41, 5.74) is 2.84. The Morgan fingerprint density at radius 3 is 2.64 bits per heavy atom. The van der Waals surface area contributed by atoms with Crippen LogP contribution >= 0.6 is 23.7 Å². The maximum absolute atomic E-state index is 12.8. The van der Waals surface area contributed by atoms with Gasteiger partial charge in [-0.2, -0.15) is 0 Å². The fraction of sp³-hybridized carbons (Fsp3) is 0.263. The van der Waals surface area contributed by atoms with E-state index in [1.807, 2.05) is 56.6 Å². The Kier molecular flexibility index (Phi) is 6.93. The van der Waals surface area contributed by atoms with E-state index in [-0.39, 0.29) is 18.3 Å². The highest BCUT2D eigenvalue weighted by Crippen LogP contribution is 2.23. The van der Waals surface area contributed by atoms with E-state index in [9.17, 15) is 4.79 Å². The molecule has 0 unspecified atom stereocenters. The second kappa shape index (κ2) is 8.94. The number of amides is 1. The van der Waals surface area contributed by atoms with Crippen LogP contribution in [0.25, 0.3) is 10.2 Å². The number of halogens is 1. The first-order valence-electron chi connectivity index (χ1n) is 8.01.